The average Bonchev–Trinajstić information content (AvgIpc) is 2.76. The lowest BCUT2D eigenvalue weighted by atomic mass is 9.96. The second kappa shape index (κ2) is 16.0. The molecule has 10 N–H and O–H groups in total. The summed E-state index contributed by atoms with van der Waals surface area (Å²) in [6.45, 7) is 5.14. The number of rotatable bonds is 17. The van der Waals surface area contributed by atoms with Crippen LogP contribution >= 0.6 is 0 Å². The first kappa shape index (κ1) is 31.2. The van der Waals surface area contributed by atoms with Crippen LogP contribution in [0.1, 0.15) is 59.3 Å². The zero-order valence-electron chi connectivity index (χ0n) is 20.0. The van der Waals surface area contributed by atoms with Crippen LogP contribution in [-0.2, 0) is 24.0 Å². The number of carbonyl (C=O) groups excluding carboxylic acids is 3. The lowest BCUT2D eigenvalue weighted by Gasteiger charge is -2.28. The molecule has 0 aromatic carbocycles. The Bertz CT molecular complexity index is 703. The number of hydrogen-bond donors (Lipinski definition) is 8. The minimum Gasteiger partial charge on any atom is -0.481 e. The van der Waals surface area contributed by atoms with Gasteiger partial charge < -0.3 is 42.7 Å². The summed E-state index contributed by atoms with van der Waals surface area (Å²) in [5.41, 5.74) is 11.3. The summed E-state index contributed by atoms with van der Waals surface area (Å²) < 4.78 is 0. The number of carboxylic acids is 2. The molecular formula is C21H39N5O8. The fourth-order valence-electron chi connectivity index (χ4n) is 3.04. The van der Waals surface area contributed by atoms with Gasteiger partial charge in [-0.1, -0.05) is 26.7 Å². The van der Waals surface area contributed by atoms with E-state index in [0.717, 1.165) is 6.92 Å². The Hall–Kier alpha value is -2.77. The molecule has 13 nitrogen and oxygen atoms in total. The van der Waals surface area contributed by atoms with Gasteiger partial charge in [0.25, 0.3) is 0 Å². The third-order valence-electron chi connectivity index (χ3n) is 5.43. The van der Waals surface area contributed by atoms with Crippen LogP contribution in [0.25, 0.3) is 0 Å². The van der Waals surface area contributed by atoms with E-state index in [9.17, 15) is 34.2 Å². The van der Waals surface area contributed by atoms with Gasteiger partial charge in [0.15, 0.2) is 6.04 Å². The Labute approximate surface area is 199 Å². The molecule has 0 rings (SSSR count). The van der Waals surface area contributed by atoms with E-state index < -0.39 is 66.4 Å². The first-order valence-electron chi connectivity index (χ1n) is 11.3. The van der Waals surface area contributed by atoms with Crippen LogP contribution in [0.3, 0.4) is 0 Å². The predicted octanol–water partition coefficient (Wildman–Crippen LogP) is -1.73. The van der Waals surface area contributed by atoms with Gasteiger partial charge in [0.2, 0.25) is 17.7 Å². The molecule has 0 saturated heterocycles. The van der Waals surface area contributed by atoms with E-state index in [1.165, 1.54) is 0 Å². The van der Waals surface area contributed by atoms with Crippen LogP contribution in [0, 0.1) is 5.92 Å². The quantitative estimate of drug-likeness (QED) is 0.107. The summed E-state index contributed by atoms with van der Waals surface area (Å²) in [6.07, 6.45) is -0.0642. The van der Waals surface area contributed by atoms with E-state index in [-0.39, 0.29) is 12.3 Å². The second-order valence-corrected chi connectivity index (χ2v) is 8.32. The molecule has 0 heterocycles. The summed E-state index contributed by atoms with van der Waals surface area (Å²) in [7, 11) is 0. The van der Waals surface area contributed by atoms with E-state index in [0.29, 0.717) is 32.2 Å². The smallest absolute Gasteiger partial charge is 0.328 e. The lowest BCUT2D eigenvalue weighted by Crippen LogP contribution is -2.59. The fraction of sp³-hybridized carbons (Fsp3) is 0.762. The van der Waals surface area contributed by atoms with Gasteiger partial charge >= 0.3 is 11.9 Å². The first-order chi connectivity index (χ1) is 15.8. The molecule has 6 unspecified atom stereocenters. The van der Waals surface area contributed by atoms with Crippen molar-refractivity contribution in [3.8, 4) is 0 Å². The molecule has 0 spiro atoms. The number of unbranched alkanes of at least 4 members (excludes halogenated alkanes) is 1. The fourth-order valence-corrected chi connectivity index (χ4v) is 3.04. The van der Waals surface area contributed by atoms with Crippen molar-refractivity contribution in [3.05, 3.63) is 0 Å². The Morgan fingerprint density at radius 1 is 0.853 bits per heavy atom. The number of amides is 3. The van der Waals surface area contributed by atoms with Crippen LogP contribution in [0.5, 0.6) is 0 Å². The minimum absolute atomic E-state index is 0.334. The van der Waals surface area contributed by atoms with Crippen molar-refractivity contribution in [3.63, 3.8) is 0 Å². The molecule has 196 valence electrons. The van der Waals surface area contributed by atoms with Crippen molar-refractivity contribution in [2.75, 3.05) is 6.54 Å². The Morgan fingerprint density at radius 2 is 1.44 bits per heavy atom. The van der Waals surface area contributed by atoms with Crippen LogP contribution in [0.4, 0.5) is 0 Å². The number of carboxylic acid groups (broad SMARTS) is 2. The number of hydrogen-bond acceptors (Lipinski definition) is 8. The molecule has 0 saturated carbocycles. The molecule has 0 aliphatic carbocycles. The van der Waals surface area contributed by atoms with Crippen LogP contribution in [0.2, 0.25) is 0 Å². The molecule has 0 aromatic rings. The maximum atomic E-state index is 13.0. The molecule has 0 fully saturated rings. The Morgan fingerprint density at radius 3 is 1.91 bits per heavy atom. The highest BCUT2D eigenvalue weighted by atomic mass is 16.4. The van der Waals surface area contributed by atoms with Crippen LogP contribution in [0.15, 0.2) is 0 Å². The highest BCUT2D eigenvalue weighted by Crippen LogP contribution is 2.11. The zero-order chi connectivity index (χ0) is 26.4. The van der Waals surface area contributed by atoms with E-state index in [1.54, 1.807) is 13.8 Å². The van der Waals surface area contributed by atoms with Crippen molar-refractivity contribution in [1.29, 1.82) is 0 Å². The molecule has 0 radical (unpaired) electrons. The normalized spacial score (nSPS) is 16.3. The van der Waals surface area contributed by atoms with E-state index in [4.69, 9.17) is 16.6 Å². The highest BCUT2D eigenvalue weighted by molar-refractivity contribution is 5.94. The zero-order valence-corrected chi connectivity index (χ0v) is 20.0. The third-order valence-corrected chi connectivity index (χ3v) is 5.43. The van der Waals surface area contributed by atoms with Crippen LogP contribution < -0.4 is 27.4 Å². The third kappa shape index (κ3) is 11.4. The summed E-state index contributed by atoms with van der Waals surface area (Å²) in [5.74, 6) is -5.36. The van der Waals surface area contributed by atoms with Gasteiger partial charge in [-0.15, -0.1) is 0 Å². The van der Waals surface area contributed by atoms with Gasteiger partial charge in [-0.2, -0.15) is 0 Å². The number of carbonyl (C=O) groups is 5. The summed E-state index contributed by atoms with van der Waals surface area (Å²) >= 11 is 0. The van der Waals surface area contributed by atoms with Crippen molar-refractivity contribution in [2.45, 2.75) is 89.6 Å². The van der Waals surface area contributed by atoms with Gasteiger partial charge in [-0.25, -0.2) is 4.79 Å². The van der Waals surface area contributed by atoms with E-state index >= 15 is 0 Å². The van der Waals surface area contributed by atoms with E-state index in [1.807, 2.05) is 0 Å². The number of aliphatic carboxylic acids is 2. The number of nitrogens with one attached hydrogen (secondary N) is 3. The number of aliphatic hydroxyl groups is 1. The van der Waals surface area contributed by atoms with Crippen molar-refractivity contribution in [1.82, 2.24) is 16.0 Å². The molecule has 3 amide bonds. The van der Waals surface area contributed by atoms with Gasteiger partial charge in [0.05, 0.1) is 12.1 Å². The molecule has 0 aliphatic rings. The van der Waals surface area contributed by atoms with Gasteiger partial charge in [0.1, 0.15) is 12.1 Å². The minimum atomic E-state index is -1.66. The largest absolute Gasteiger partial charge is 0.481 e. The van der Waals surface area contributed by atoms with Crippen molar-refractivity contribution >= 4 is 29.7 Å². The van der Waals surface area contributed by atoms with Crippen molar-refractivity contribution < 1.29 is 39.3 Å². The standard InChI is InChI=1S/C21H39N5O8/c1-4-11(2)16(25-18(30)13(23)7-5-6-10-22)20(32)24-14(8-9-15(28)29)19(31)26-17(12(3)27)21(33)34/h11-14,16-17,27H,4-10,22-23H2,1-3H3,(H,24,32)(H,25,30)(H,26,31)(H,28,29)(H,33,34). The van der Waals surface area contributed by atoms with Crippen molar-refractivity contribution in [2.24, 2.45) is 17.4 Å². The molecular weight excluding hydrogens is 450 g/mol. The average molecular weight is 490 g/mol. The molecule has 0 aromatic heterocycles. The molecule has 13 heteroatoms. The molecule has 34 heavy (non-hydrogen) atoms. The highest BCUT2D eigenvalue weighted by Gasteiger charge is 2.33. The van der Waals surface area contributed by atoms with Crippen LogP contribution in [-0.4, -0.2) is 81.8 Å². The van der Waals surface area contributed by atoms with Gasteiger partial charge in [-0.05, 0) is 38.6 Å². The number of nitrogens with two attached hydrogens (primary N) is 2. The molecule has 0 bridgehead atoms. The maximum absolute atomic E-state index is 13.0. The predicted molar refractivity (Wildman–Crippen MR) is 122 cm³/mol. The Kier molecular flexibility index (Phi) is 14.7. The monoisotopic (exact) mass is 489 g/mol. The Balaban J connectivity index is 5.53. The SMILES string of the molecule is CCC(C)C(NC(=O)C(N)CCCCN)C(=O)NC(CCC(=O)O)C(=O)NC(C(=O)O)C(C)O. The molecule has 6 atom stereocenters. The maximum Gasteiger partial charge on any atom is 0.328 e. The first-order valence-corrected chi connectivity index (χ1v) is 11.3. The topological polar surface area (TPSA) is 234 Å². The molecule has 0 aliphatic heterocycles. The summed E-state index contributed by atoms with van der Waals surface area (Å²) in [4.78, 5) is 60.4. The summed E-state index contributed by atoms with van der Waals surface area (Å²) in [6, 6.07) is -5.00. The number of aliphatic hydroxyl groups excluding tert-OH is 1. The second-order valence-electron chi connectivity index (χ2n) is 8.32. The van der Waals surface area contributed by atoms with E-state index in [2.05, 4.69) is 16.0 Å². The summed E-state index contributed by atoms with van der Waals surface area (Å²) in [5, 5.41) is 34.8. The lowest BCUT2D eigenvalue weighted by molar-refractivity contribution is -0.145. The van der Waals surface area contributed by atoms with Gasteiger partial charge in [0, 0.05) is 6.42 Å². The van der Waals surface area contributed by atoms with Gasteiger partial charge in [-0.3, -0.25) is 19.2 Å².